The smallest absolute Gasteiger partial charge is 0.191 e. The van der Waals surface area contributed by atoms with E-state index in [1.54, 1.807) is 7.11 Å². The van der Waals surface area contributed by atoms with Crippen LogP contribution >= 0.6 is 0 Å². The molecule has 0 bridgehead atoms. The van der Waals surface area contributed by atoms with E-state index in [0.29, 0.717) is 0 Å². The number of hydrogen-bond acceptors (Lipinski definition) is 4. The maximum atomic E-state index is 5.62. The van der Waals surface area contributed by atoms with Crippen LogP contribution in [-0.2, 0) is 9.47 Å². The fraction of sp³-hybridized carbons (Fsp3) is 0.944. The van der Waals surface area contributed by atoms with Gasteiger partial charge in [0.25, 0.3) is 0 Å². The van der Waals surface area contributed by atoms with Crippen molar-refractivity contribution in [3.8, 4) is 0 Å². The van der Waals surface area contributed by atoms with Crippen molar-refractivity contribution in [3.05, 3.63) is 0 Å². The fourth-order valence-corrected chi connectivity index (χ4v) is 2.82. The Morgan fingerprint density at radius 3 is 2.29 bits per heavy atom. The van der Waals surface area contributed by atoms with Crippen molar-refractivity contribution in [3.63, 3.8) is 0 Å². The van der Waals surface area contributed by atoms with Crippen LogP contribution in [0.1, 0.15) is 41.5 Å². The van der Waals surface area contributed by atoms with Gasteiger partial charge >= 0.3 is 0 Å². The van der Waals surface area contributed by atoms with Crippen LogP contribution in [0.5, 0.6) is 0 Å². The largest absolute Gasteiger partial charge is 0.379 e. The molecule has 6 nitrogen and oxygen atoms in total. The van der Waals surface area contributed by atoms with Crippen LogP contribution in [-0.4, -0.2) is 75.5 Å². The highest BCUT2D eigenvalue weighted by Crippen LogP contribution is 2.21. The number of morpholine rings is 1. The molecular weight excluding hydrogens is 304 g/mol. The van der Waals surface area contributed by atoms with Gasteiger partial charge in [-0.2, -0.15) is 0 Å². The highest BCUT2D eigenvalue weighted by atomic mass is 16.5. The lowest BCUT2D eigenvalue weighted by Crippen LogP contribution is -2.52. The van der Waals surface area contributed by atoms with Gasteiger partial charge in [0.05, 0.1) is 25.9 Å². The van der Waals surface area contributed by atoms with Gasteiger partial charge in [-0.15, -0.1) is 0 Å². The molecule has 1 unspecified atom stereocenters. The molecule has 1 fully saturated rings. The molecule has 0 aromatic rings. The van der Waals surface area contributed by atoms with Crippen LogP contribution < -0.4 is 10.6 Å². The number of methoxy groups -OCH3 is 1. The van der Waals surface area contributed by atoms with E-state index < -0.39 is 0 Å². The number of nitrogens with zero attached hydrogens (tertiary/aromatic N) is 2. The number of nitrogens with one attached hydrogen (secondary N) is 2. The molecule has 142 valence electrons. The van der Waals surface area contributed by atoms with Crippen molar-refractivity contribution >= 4 is 5.96 Å². The number of aliphatic imine (C=N–C) groups is 1. The molecule has 0 aromatic heterocycles. The second-order valence-electron chi connectivity index (χ2n) is 8.08. The van der Waals surface area contributed by atoms with Gasteiger partial charge in [-0.05, 0) is 26.2 Å². The SMILES string of the molecule is CCNC(=NCC(C)(C)N1CCOCC1)NCC(OC)C(C)(C)C. The summed E-state index contributed by atoms with van der Waals surface area (Å²) < 4.78 is 11.1. The molecule has 0 aliphatic carbocycles. The Bertz CT molecular complexity index is 385. The lowest BCUT2D eigenvalue weighted by molar-refractivity contribution is -0.00687. The first-order valence-corrected chi connectivity index (χ1v) is 9.08. The highest BCUT2D eigenvalue weighted by molar-refractivity contribution is 5.79. The molecule has 1 rings (SSSR count). The van der Waals surface area contributed by atoms with Gasteiger partial charge in [-0.25, -0.2) is 0 Å². The molecule has 0 radical (unpaired) electrons. The molecule has 1 aliphatic heterocycles. The second kappa shape index (κ2) is 9.59. The van der Waals surface area contributed by atoms with Crippen molar-refractivity contribution in [1.29, 1.82) is 0 Å². The minimum absolute atomic E-state index is 0.0246. The Morgan fingerprint density at radius 2 is 1.79 bits per heavy atom. The molecule has 0 saturated carbocycles. The predicted molar refractivity (Wildman–Crippen MR) is 101 cm³/mol. The maximum absolute atomic E-state index is 5.62. The minimum Gasteiger partial charge on any atom is -0.379 e. The molecule has 1 saturated heterocycles. The van der Waals surface area contributed by atoms with E-state index in [9.17, 15) is 0 Å². The van der Waals surface area contributed by atoms with Crippen LogP contribution in [0.2, 0.25) is 0 Å². The second-order valence-corrected chi connectivity index (χ2v) is 8.08. The average Bonchev–Trinajstić information content (AvgIpc) is 2.52. The van der Waals surface area contributed by atoms with Crippen molar-refractivity contribution in [1.82, 2.24) is 15.5 Å². The number of rotatable bonds is 7. The van der Waals surface area contributed by atoms with Crippen LogP contribution in [0.15, 0.2) is 4.99 Å². The first-order chi connectivity index (χ1) is 11.2. The monoisotopic (exact) mass is 342 g/mol. The zero-order valence-corrected chi connectivity index (χ0v) is 16.7. The summed E-state index contributed by atoms with van der Waals surface area (Å²) in [5, 5.41) is 6.75. The number of hydrogen-bond donors (Lipinski definition) is 2. The van der Waals surface area contributed by atoms with Gasteiger partial charge in [0.15, 0.2) is 5.96 Å². The first kappa shape index (κ1) is 21.2. The molecule has 0 amide bonds. The van der Waals surface area contributed by atoms with Gasteiger partial charge in [-0.3, -0.25) is 9.89 Å². The van der Waals surface area contributed by atoms with E-state index >= 15 is 0 Å². The highest BCUT2D eigenvalue weighted by Gasteiger charge is 2.28. The summed E-state index contributed by atoms with van der Waals surface area (Å²) in [5.41, 5.74) is 0.114. The summed E-state index contributed by atoms with van der Waals surface area (Å²) >= 11 is 0. The van der Waals surface area contributed by atoms with E-state index in [1.807, 2.05) is 0 Å². The van der Waals surface area contributed by atoms with Crippen molar-refractivity contribution in [2.24, 2.45) is 10.4 Å². The topological polar surface area (TPSA) is 58.1 Å². The lowest BCUT2D eigenvalue weighted by Gasteiger charge is -2.40. The van der Waals surface area contributed by atoms with E-state index in [4.69, 9.17) is 14.5 Å². The standard InChI is InChI=1S/C18H38N4O2/c1-8-19-16(20-13-15(23-7)17(2,3)4)21-14-18(5,6)22-9-11-24-12-10-22/h15H,8-14H2,1-7H3,(H2,19,20,21). The number of guanidine groups is 1. The normalized spacial score (nSPS) is 19.2. The zero-order valence-electron chi connectivity index (χ0n) is 16.7. The Labute approximate surface area is 148 Å². The Kier molecular flexibility index (Phi) is 8.46. The van der Waals surface area contributed by atoms with E-state index in [2.05, 4.69) is 57.1 Å². The lowest BCUT2D eigenvalue weighted by atomic mass is 9.89. The molecule has 1 atom stereocenters. The molecule has 2 N–H and O–H groups in total. The molecule has 1 aliphatic rings. The van der Waals surface area contributed by atoms with Crippen LogP contribution in [0.3, 0.4) is 0 Å². The summed E-state index contributed by atoms with van der Waals surface area (Å²) in [6, 6.07) is 0. The quantitative estimate of drug-likeness (QED) is 0.545. The third kappa shape index (κ3) is 6.95. The van der Waals surface area contributed by atoms with E-state index in [0.717, 1.165) is 51.9 Å². The number of ether oxygens (including phenoxy) is 2. The summed E-state index contributed by atoms with van der Waals surface area (Å²) in [4.78, 5) is 7.26. The average molecular weight is 343 g/mol. The van der Waals surface area contributed by atoms with E-state index in [-0.39, 0.29) is 17.1 Å². The van der Waals surface area contributed by atoms with Gasteiger partial charge in [0.1, 0.15) is 0 Å². The summed E-state index contributed by atoms with van der Waals surface area (Å²) in [6.07, 6.45) is 0.133. The Morgan fingerprint density at radius 1 is 1.17 bits per heavy atom. The first-order valence-electron chi connectivity index (χ1n) is 9.08. The van der Waals surface area contributed by atoms with Crippen molar-refractivity contribution in [2.75, 3.05) is 53.0 Å². The van der Waals surface area contributed by atoms with Crippen molar-refractivity contribution < 1.29 is 9.47 Å². The molecule has 24 heavy (non-hydrogen) atoms. The summed E-state index contributed by atoms with van der Waals surface area (Å²) in [5.74, 6) is 0.852. The van der Waals surface area contributed by atoms with Crippen LogP contribution in [0.4, 0.5) is 0 Å². The molecule has 0 aromatic carbocycles. The Hall–Kier alpha value is -0.850. The molecule has 6 heteroatoms. The predicted octanol–water partition coefficient (Wildman–Crippen LogP) is 1.71. The summed E-state index contributed by atoms with van der Waals surface area (Å²) in [6.45, 7) is 19.1. The van der Waals surface area contributed by atoms with Crippen LogP contribution in [0, 0.1) is 5.41 Å². The van der Waals surface area contributed by atoms with Crippen molar-refractivity contribution in [2.45, 2.75) is 53.2 Å². The Balaban J connectivity index is 2.63. The zero-order chi connectivity index (χ0) is 18.2. The molecular formula is C18H38N4O2. The third-order valence-electron chi connectivity index (χ3n) is 4.54. The maximum Gasteiger partial charge on any atom is 0.191 e. The molecule has 0 spiro atoms. The molecule has 1 heterocycles. The fourth-order valence-electron chi connectivity index (χ4n) is 2.82. The van der Waals surface area contributed by atoms with Gasteiger partial charge in [0, 0.05) is 38.8 Å². The van der Waals surface area contributed by atoms with Gasteiger partial charge in [-0.1, -0.05) is 20.8 Å². The van der Waals surface area contributed by atoms with Gasteiger partial charge in [0.2, 0.25) is 0 Å². The summed E-state index contributed by atoms with van der Waals surface area (Å²) in [7, 11) is 1.77. The van der Waals surface area contributed by atoms with E-state index in [1.165, 1.54) is 0 Å². The minimum atomic E-state index is 0.0246. The third-order valence-corrected chi connectivity index (χ3v) is 4.54. The van der Waals surface area contributed by atoms with Gasteiger partial charge < -0.3 is 20.1 Å². The van der Waals surface area contributed by atoms with Crippen LogP contribution in [0.25, 0.3) is 0 Å².